The van der Waals surface area contributed by atoms with Crippen LogP contribution in [0.3, 0.4) is 0 Å². The molecule has 1 aliphatic heterocycles. The highest BCUT2D eigenvalue weighted by molar-refractivity contribution is 5.96. The maximum atomic E-state index is 12.3. The van der Waals surface area contributed by atoms with Crippen molar-refractivity contribution in [3.63, 3.8) is 0 Å². The van der Waals surface area contributed by atoms with E-state index in [1.807, 2.05) is 13.8 Å². The Kier molecular flexibility index (Phi) is 6.61. The molecule has 24 heavy (non-hydrogen) atoms. The van der Waals surface area contributed by atoms with Crippen molar-refractivity contribution in [2.24, 2.45) is 5.92 Å². The summed E-state index contributed by atoms with van der Waals surface area (Å²) >= 11 is 0. The van der Waals surface area contributed by atoms with E-state index in [-0.39, 0.29) is 12.0 Å². The smallest absolute Gasteiger partial charge is 0.326 e. The zero-order valence-electron chi connectivity index (χ0n) is 14.2. The molecule has 0 bridgehead atoms. The summed E-state index contributed by atoms with van der Waals surface area (Å²) in [4.78, 5) is 23.6. The minimum absolute atomic E-state index is 0.102. The lowest BCUT2D eigenvalue weighted by Crippen LogP contribution is -2.41. The number of amides is 1. The molecular formula is C18H25NO5. The summed E-state index contributed by atoms with van der Waals surface area (Å²) in [5.74, 6) is -0.685. The first-order valence-electron chi connectivity index (χ1n) is 8.34. The molecule has 1 fully saturated rings. The van der Waals surface area contributed by atoms with Gasteiger partial charge in [0.15, 0.2) is 0 Å². The van der Waals surface area contributed by atoms with Gasteiger partial charge in [0, 0.05) is 12.2 Å². The molecule has 2 atom stereocenters. The molecule has 6 nitrogen and oxygen atoms in total. The topological polar surface area (TPSA) is 84.9 Å². The van der Waals surface area contributed by atoms with E-state index in [1.165, 1.54) is 0 Å². The molecule has 1 amide bonds. The number of ether oxygens (including phenoxy) is 2. The first kappa shape index (κ1) is 18.3. The van der Waals surface area contributed by atoms with E-state index < -0.39 is 17.9 Å². The van der Waals surface area contributed by atoms with Crippen molar-refractivity contribution in [2.75, 3.05) is 13.2 Å². The van der Waals surface area contributed by atoms with Crippen LogP contribution in [-0.2, 0) is 9.53 Å². The van der Waals surface area contributed by atoms with Crippen molar-refractivity contribution in [2.45, 2.75) is 45.3 Å². The lowest BCUT2D eigenvalue weighted by molar-refractivity contribution is -0.139. The second kappa shape index (κ2) is 8.68. The van der Waals surface area contributed by atoms with Gasteiger partial charge in [0.1, 0.15) is 18.4 Å². The zero-order chi connectivity index (χ0) is 17.5. The fourth-order valence-corrected chi connectivity index (χ4v) is 2.63. The summed E-state index contributed by atoms with van der Waals surface area (Å²) in [6, 6.07) is 5.86. The van der Waals surface area contributed by atoms with E-state index in [0.29, 0.717) is 24.3 Å². The molecular weight excluding hydrogens is 310 g/mol. The lowest BCUT2D eigenvalue weighted by atomic mass is 10.0. The van der Waals surface area contributed by atoms with Crippen LogP contribution in [0.4, 0.5) is 0 Å². The van der Waals surface area contributed by atoms with Gasteiger partial charge in [-0.2, -0.15) is 0 Å². The Morgan fingerprint density at radius 3 is 2.83 bits per heavy atom. The number of nitrogens with one attached hydrogen (secondary N) is 1. The number of carboxylic acid groups (broad SMARTS) is 1. The summed E-state index contributed by atoms with van der Waals surface area (Å²) in [5.41, 5.74) is 0.384. The van der Waals surface area contributed by atoms with Crippen molar-refractivity contribution in [1.82, 2.24) is 5.32 Å². The predicted octanol–water partition coefficient (Wildman–Crippen LogP) is 2.47. The summed E-state index contributed by atoms with van der Waals surface area (Å²) in [6.45, 7) is 5.06. The third-order valence-electron chi connectivity index (χ3n) is 3.87. The van der Waals surface area contributed by atoms with Gasteiger partial charge in [-0.3, -0.25) is 4.79 Å². The van der Waals surface area contributed by atoms with Crippen LogP contribution in [0.25, 0.3) is 0 Å². The highest BCUT2D eigenvalue weighted by Gasteiger charge is 2.22. The normalized spacial score (nSPS) is 18.4. The molecule has 0 saturated carbocycles. The monoisotopic (exact) mass is 335 g/mol. The van der Waals surface area contributed by atoms with Crippen LogP contribution in [0.15, 0.2) is 24.3 Å². The summed E-state index contributed by atoms with van der Waals surface area (Å²) < 4.78 is 11.2. The zero-order valence-corrected chi connectivity index (χ0v) is 14.2. The molecule has 6 heteroatoms. The highest BCUT2D eigenvalue weighted by Crippen LogP contribution is 2.17. The molecule has 1 saturated heterocycles. The van der Waals surface area contributed by atoms with Crippen LogP contribution in [0.5, 0.6) is 5.75 Å². The number of aliphatic carboxylic acids is 1. The Morgan fingerprint density at radius 1 is 1.42 bits per heavy atom. The molecule has 1 aromatic rings. The van der Waals surface area contributed by atoms with Gasteiger partial charge in [-0.05, 0) is 43.4 Å². The highest BCUT2D eigenvalue weighted by atomic mass is 16.5. The van der Waals surface area contributed by atoms with Crippen LogP contribution in [0.1, 0.15) is 43.5 Å². The number of rotatable bonds is 8. The molecule has 1 unspecified atom stereocenters. The largest absolute Gasteiger partial charge is 0.491 e. The second-order valence-corrected chi connectivity index (χ2v) is 6.47. The van der Waals surface area contributed by atoms with E-state index >= 15 is 0 Å². The number of hydrogen-bond acceptors (Lipinski definition) is 4. The average molecular weight is 335 g/mol. The Hall–Kier alpha value is -2.08. The van der Waals surface area contributed by atoms with Gasteiger partial charge >= 0.3 is 5.97 Å². The number of carbonyl (C=O) groups excluding carboxylic acids is 1. The molecule has 0 aromatic heterocycles. The Bertz CT molecular complexity index is 566. The van der Waals surface area contributed by atoms with Crippen LogP contribution < -0.4 is 10.1 Å². The van der Waals surface area contributed by atoms with Crippen molar-refractivity contribution in [3.8, 4) is 5.75 Å². The van der Waals surface area contributed by atoms with Gasteiger partial charge < -0.3 is 19.9 Å². The van der Waals surface area contributed by atoms with Crippen LogP contribution in [0, 0.1) is 5.92 Å². The van der Waals surface area contributed by atoms with E-state index in [0.717, 1.165) is 19.4 Å². The van der Waals surface area contributed by atoms with E-state index in [9.17, 15) is 14.7 Å². The third kappa shape index (κ3) is 5.53. The first-order valence-corrected chi connectivity index (χ1v) is 8.34. The van der Waals surface area contributed by atoms with Crippen LogP contribution in [-0.4, -0.2) is 42.3 Å². The average Bonchev–Trinajstić information content (AvgIpc) is 3.05. The van der Waals surface area contributed by atoms with Gasteiger partial charge in [-0.25, -0.2) is 4.79 Å². The Balaban J connectivity index is 1.95. The molecule has 1 heterocycles. The fourth-order valence-electron chi connectivity index (χ4n) is 2.63. The summed E-state index contributed by atoms with van der Waals surface area (Å²) in [7, 11) is 0. The standard InChI is InChI=1S/C18H25NO5/c1-12(2)9-16(18(21)22)19-17(20)13-5-3-6-14(10-13)24-11-15-7-4-8-23-15/h3,5-6,10,12,15-16H,4,7-9,11H2,1-2H3,(H,19,20)(H,21,22)/t15?,16-/m0/s1. The second-order valence-electron chi connectivity index (χ2n) is 6.47. The number of benzene rings is 1. The Labute approximate surface area is 142 Å². The van der Waals surface area contributed by atoms with Gasteiger partial charge in [-0.1, -0.05) is 19.9 Å². The van der Waals surface area contributed by atoms with Gasteiger partial charge in [0.2, 0.25) is 0 Å². The first-order chi connectivity index (χ1) is 11.5. The van der Waals surface area contributed by atoms with Crippen LogP contribution >= 0.6 is 0 Å². The molecule has 0 radical (unpaired) electrons. The Morgan fingerprint density at radius 2 is 2.21 bits per heavy atom. The minimum atomic E-state index is -1.03. The molecule has 1 aliphatic rings. The van der Waals surface area contributed by atoms with E-state index in [1.54, 1.807) is 24.3 Å². The molecule has 132 valence electrons. The van der Waals surface area contributed by atoms with Crippen molar-refractivity contribution in [1.29, 1.82) is 0 Å². The molecule has 0 spiro atoms. The number of carbonyl (C=O) groups is 2. The van der Waals surface area contributed by atoms with E-state index in [4.69, 9.17) is 9.47 Å². The predicted molar refractivity (Wildman–Crippen MR) is 89.3 cm³/mol. The summed E-state index contributed by atoms with van der Waals surface area (Å²) in [5, 5.41) is 11.8. The maximum absolute atomic E-state index is 12.3. The van der Waals surface area contributed by atoms with Crippen molar-refractivity contribution >= 4 is 11.9 Å². The third-order valence-corrected chi connectivity index (χ3v) is 3.87. The van der Waals surface area contributed by atoms with Crippen LogP contribution in [0.2, 0.25) is 0 Å². The number of hydrogen-bond donors (Lipinski definition) is 2. The van der Waals surface area contributed by atoms with Gasteiger partial charge in [0.05, 0.1) is 6.10 Å². The maximum Gasteiger partial charge on any atom is 0.326 e. The minimum Gasteiger partial charge on any atom is -0.491 e. The summed E-state index contributed by atoms with van der Waals surface area (Å²) in [6.07, 6.45) is 2.51. The molecule has 1 aromatic carbocycles. The SMILES string of the molecule is CC(C)C[C@H](NC(=O)c1cccc(OCC2CCCO2)c1)C(=O)O. The molecule has 2 N–H and O–H groups in total. The quantitative estimate of drug-likeness (QED) is 0.762. The molecule has 0 aliphatic carbocycles. The van der Waals surface area contributed by atoms with Crippen molar-refractivity contribution < 1.29 is 24.2 Å². The van der Waals surface area contributed by atoms with Crippen molar-refractivity contribution in [3.05, 3.63) is 29.8 Å². The van der Waals surface area contributed by atoms with Gasteiger partial charge in [-0.15, -0.1) is 0 Å². The van der Waals surface area contributed by atoms with E-state index in [2.05, 4.69) is 5.32 Å². The lowest BCUT2D eigenvalue weighted by Gasteiger charge is -2.17. The van der Waals surface area contributed by atoms with Gasteiger partial charge in [0.25, 0.3) is 5.91 Å². The number of carboxylic acids is 1. The fraction of sp³-hybridized carbons (Fsp3) is 0.556. The molecule has 2 rings (SSSR count).